The summed E-state index contributed by atoms with van der Waals surface area (Å²) >= 11 is 1.79. The molecule has 3 N–H and O–H groups in total. The second kappa shape index (κ2) is 9.37. The van der Waals surface area contributed by atoms with Crippen molar-refractivity contribution in [3.05, 3.63) is 40.7 Å². The Morgan fingerprint density at radius 3 is 2.76 bits per heavy atom. The van der Waals surface area contributed by atoms with Gasteiger partial charge in [-0.15, -0.1) is 23.7 Å². The average molecular weight is 326 g/mol. The van der Waals surface area contributed by atoms with Crippen molar-refractivity contribution in [2.24, 2.45) is 0 Å². The minimum Gasteiger partial charge on any atom is -0.384 e. The predicted octanol–water partition coefficient (Wildman–Crippen LogP) is 3.89. The molecule has 2 rings (SSSR count). The monoisotopic (exact) mass is 325 g/mol. The maximum Gasteiger partial charge on any atom is 0.224 e. The molecule has 0 bridgehead atoms. The number of unbranched alkanes of at least 4 members (excludes halogenated alkanes) is 2. The number of nitrogens with two attached hydrogens (primary N) is 1. The number of carbonyl (C=O) groups excluding carboxylic acids is 1. The van der Waals surface area contributed by atoms with E-state index in [1.54, 1.807) is 29.7 Å². The Morgan fingerprint density at radius 2 is 2.10 bits per heavy atom. The largest absolute Gasteiger partial charge is 0.384 e. The third kappa shape index (κ3) is 6.60. The number of aromatic nitrogens is 1. The molecule has 4 nitrogen and oxygen atoms in total. The number of hydrogen-bond donors (Lipinski definition) is 2. The Morgan fingerprint density at radius 1 is 1.24 bits per heavy atom. The SMILES string of the molecule is Cl.Nc1ccc(NC(=O)CCCCCc2cccs2)cn1. The molecule has 21 heavy (non-hydrogen) atoms. The molecule has 0 aliphatic rings. The smallest absolute Gasteiger partial charge is 0.224 e. The summed E-state index contributed by atoms with van der Waals surface area (Å²) in [5, 5.41) is 4.92. The zero-order valence-corrected chi connectivity index (χ0v) is 13.4. The summed E-state index contributed by atoms with van der Waals surface area (Å²) in [6.07, 6.45) is 6.36. The number of carbonyl (C=O) groups is 1. The number of amides is 1. The van der Waals surface area contributed by atoms with Crippen LogP contribution in [0.5, 0.6) is 0 Å². The summed E-state index contributed by atoms with van der Waals surface area (Å²) in [5.41, 5.74) is 6.19. The molecule has 0 aliphatic heterocycles. The van der Waals surface area contributed by atoms with Crippen LogP contribution in [-0.4, -0.2) is 10.9 Å². The van der Waals surface area contributed by atoms with Gasteiger partial charge in [-0.25, -0.2) is 4.98 Å². The Balaban J connectivity index is 0.00000220. The van der Waals surface area contributed by atoms with Gasteiger partial charge in [-0.1, -0.05) is 12.5 Å². The molecular formula is C15H20ClN3OS. The Bertz CT molecular complexity index is 528. The van der Waals surface area contributed by atoms with Crippen molar-refractivity contribution in [1.82, 2.24) is 4.98 Å². The molecule has 2 aromatic heterocycles. The van der Waals surface area contributed by atoms with Crippen LogP contribution in [0.1, 0.15) is 30.6 Å². The van der Waals surface area contributed by atoms with Gasteiger partial charge in [0.1, 0.15) is 5.82 Å². The number of rotatable bonds is 7. The van der Waals surface area contributed by atoms with Crippen LogP contribution in [0.15, 0.2) is 35.8 Å². The van der Waals surface area contributed by atoms with Crippen LogP contribution in [0.2, 0.25) is 0 Å². The van der Waals surface area contributed by atoms with Crippen LogP contribution < -0.4 is 11.1 Å². The predicted molar refractivity (Wildman–Crippen MR) is 91.0 cm³/mol. The number of nitrogen functional groups attached to an aromatic ring is 1. The van der Waals surface area contributed by atoms with Crippen LogP contribution in [-0.2, 0) is 11.2 Å². The molecule has 2 heterocycles. The molecule has 114 valence electrons. The second-order valence-electron chi connectivity index (χ2n) is 4.66. The van der Waals surface area contributed by atoms with Crippen molar-refractivity contribution >= 4 is 41.2 Å². The highest BCUT2D eigenvalue weighted by molar-refractivity contribution is 7.09. The first-order valence-corrected chi connectivity index (χ1v) is 7.66. The Kier molecular flexibility index (Phi) is 7.79. The van der Waals surface area contributed by atoms with Gasteiger partial charge in [0.2, 0.25) is 5.91 Å². The minimum atomic E-state index is 0. The molecular weight excluding hydrogens is 306 g/mol. The van der Waals surface area contributed by atoms with Gasteiger partial charge in [-0.2, -0.15) is 0 Å². The third-order valence-electron chi connectivity index (χ3n) is 2.98. The van der Waals surface area contributed by atoms with Crippen molar-refractivity contribution in [3.8, 4) is 0 Å². The van der Waals surface area contributed by atoms with Gasteiger partial charge in [0.25, 0.3) is 0 Å². The van der Waals surface area contributed by atoms with E-state index >= 15 is 0 Å². The number of aryl methyl sites for hydroxylation is 1. The number of hydrogen-bond acceptors (Lipinski definition) is 4. The number of halogens is 1. The third-order valence-corrected chi connectivity index (χ3v) is 3.91. The normalized spacial score (nSPS) is 9.90. The van der Waals surface area contributed by atoms with E-state index in [0.29, 0.717) is 17.9 Å². The van der Waals surface area contributed by atoms with E-state index in [1.807, 2.05) is 0 Å². The number of pyridine rings is 1. The first kappa shape index (κ1) is 17.5. The van der Waals surface area contributed by atoms with E-state index in [0.717, 1.165) is 25.7 Å². The van der Waals surface area contributed by atoms with Gasteiger partial charge < -0.3 is 11.1 Å². The lowest BCUT2D eigenvalue weighted by Crippen LogP contribution is -2.11. The van der Waals surface area contributed by atoms with Gasteiger partial charge in [0.15, 0.2) is 0 Å². The van der Waals surface area contributed by atoms with E-state index in [-0.39, 0.29) is 18.3 Å². The van der Waals surface area contributed by atoms with E-state index in [1.165, 1.54) is 4.88 Å². The van der Waals surface area contributed by atoms with Crippen LogP contribution >= 0.6 is 23.7 Å². The van der Waals surface area contributed by atoms with Crippen molar-refractivity contribution in [3.63, 3.8) is 0 Å². The fraction of sp³-hybridized carbons (Fsp3) is 0.333. The molecule has 0 saturated heterocycles. The summed E-state index contributed by atoms with van der Waals surface area (Å²) in [4.78, 5) is 17.1. The fourth-order valence-corrected chi connectivity index (χ4v) is 2.67. The Labute approximate surface area is 135 Å². The topological polar surface area (TPSA) is 68.0 Å². The number of anilines is 2. The second-order valence-corrected chi connectivity index (χ2v) is 5.69. The molecule has 6 heteroatoms. The summed E-state index contributed by atoms with van der Waals surface area (Å²) in [6, 6.07) is 7.67. The van der Waals surface area contributed by atoms with E-state index in [4.69, 9.17) is 5.73 Å². The quantitative estimate of drug-likeness (QED) is 0.759. The van der Waals surface area contributed by atoms with Crippen LogP contribution in [0.3, 0.4) is 0 Å². The summed E-state index contributed by atoms with van der Waals surface area (Å²) in [5.74, 6) is 0.490. The van der Waals surface area contributed by atoms with Gasteiger partial charge >= 0.3 is 0 Å². The van der Waals surface area contributed by atoms with Crippen LogP contribution in [0, 0.1) is 0 Å². The van der Waals surface area contributed by atoms with E-state index < -0.39 is 0 Å². The zero-order valence-electron chi connectivity index (χ0n) is 11.7. The molecule has 0 fully saturated rings. The first-order chi connectivity index (χ1) is 9.74. The highest BCUT2D eigenvalue weighted by Gasteiger charge is 2.02. The molecule has 0 saturated carbocycles. The summed E-state index contributed by atoms with van der Waals surface area (Å²) < 4.78 is 0. The highest BCUT2D eigenvalue weighted by atomic mass is 35.5. The molecule has 0 aliphatic carbocycles. The minimum absolute atomic E-state index is 0. The maximum atomic E-state index is 11.7. The lowest BCUT2D eigenvalue weighted by Gasteiger charge is -2.05. The number of nitrogens with one attached hydrogen (secondary N) is 1. The summed E-state index contributed by atoms with van der Waals surface area (Å²) in [6.45, 7) is 0. The molecule has 2 aromatic rings. The first-order valence-electron chi connectivity index (χ1n) is 6.78. The van der Waals surface area contributed by atoms with E-state index in [2.05, 4.69) is 27.8 Å². The molecule has 0 aromatic carbocycles. The average Bonchev–Trinajstić information content (AvgIpc) is 2.94. The van der Waals surface area contributed by atoms with Gasteiger partial charge in [-0.05, 0) is 42.8 Å². The van der Waals surface area contributed by atoms with Gasteiger partial charge in [0.05, 0.1) is 11.9 Å². The zero-order chi connectivity index (χ0) is 14.2. The van der Waals surface area contributed by atoms with Crippen molar-refractivity contribution in [2.75, 3.05) is 11.1 Å². The van der Waals surface area contributed by atoms with Crippen LogP contribution in [0.4, 0.5) is 11.5 Å². The molecule has 0 atom stereocenters. The highest BCUT2D eigenvalue weighted by Crippen LogP contribution is 2.14. The lowest BCUT2D eigenvalue weighted by molar-refractivity contribution is -0.116. The molecule has 1 amide bonds. The summed E-state index contributed by atoms with van der Waals surface area (Å²) in [7, 11) is 0. The van der Waals surface area contributed by atoms with E-state index in [9.17, 15) is 4.79 Å². The number of nitrogens with zero attached hydrogens (tertiary/aromatic N) is 1. The maximum absolute atomic E-state index is 11.7. The van der Waals surface area contributed by atoms with Crippen molar-refractivity contribution < 1.29 is 4.79 Å². The van der Waals surface area contributed by atoms with Gasteiger partial charge in [-0.3, -0.25) is 4.79 Å². The van der Waals surface area contributed by atoms with Gasteiger partial charge in [0, 0.05) is 11.3 Å². The van der Waals surface area contributed by atoms with Crippen LogP contribution in [0.25, 0.3) is 0 Å². The van der Waals surface area contributed by atoms with Crippen molar-refractivity contribution in [1.29, 1.82) is 0 Å². The van der Waals surface area contributed by atoms with Crippen molar-refractivity contribution in [2.45, 2.75) is 32.1 Å². The standard InChI is InChI=1S/C15H19N3OS.ClH/c16-14-9-8-12(11-17-14)18-15(19)7-3-1-2-5-13-6-4-10-20-13;/h4,6,8-11H,1-3,5,7H2,(H2,16,17)(H,18,19);1H. The molecule has 0 unspecified atom stereocenters. The fourth-order valence-electron chi connectivity index (χ4n) is 1.92. The Hall–Kier alpha value is -1.59. The molecule has 0 radical (unpaired) electrons. The lowest BCUT2D eigenvalue weighted by atomic mass is 10.1. The molecule has 0 spiro atoms. The number of thiophene rings is 1.